The number of ether oxygens (including phenoxy) is 2. The molecule has 0 atom stereocenters. The fraction of sp³-hybridized carbons (Fsp3) is 0.400. The number of pyridine rings is 2. The zero-order valence-electron chi connectivity index (χ0n) is 23.2. The van der Waals surface area contributed by atoms with Gasteiger partial charge in [-0.15, -0.1) is 13.2 Å². The van der Waals surface area contributed by atoms with Crippen molar-refractivity contribution in [3.8, 4) is 0 Å². The summed E-state index contributed by atoms with van der Waals surface area (Å²) in [5.74, 6) is 0. The number of rotatable bonds is 12. The molecule has 0 aliphatic heterocycles. The summed E-state index contributed by atoms with van der Waals surface area (Å²) in [7, 11) is 0. The molecule has 0 unspecified atom stereocenters. The Labute approximate surface area is 323 Å². The molecule has 26 heteroatoms. The van der Waals surface area contributed by atoms with Crippen LogP contribution in [-0.4, -0.2) is 95.5 Å². The third-order valence-corrected chi connectivity index (χ3v) is 3.01. The molecule has 258 valence electrons. The van der Waals surface area contributed by atoms with Gasteiger partial charge in [0.25, 0.3) is 0 Å². The number of aliphatic imine (C=N–C) groups is 2. The third kappa shape index (κ3) is 78.0. The van der Waals surface area contributed by atoms with Crippen molar-refractivity contribution >= 4 is 12.4 Å². The van der Waals surface area contributed by atoms with E-state index in [4.69, 9.17) is 70.8 Å². The fourth-order valence-electron chi connectivity index (χ4n) is 1.78. The molecule has 0 aliphatic carbocycles. The van der Waals surface area contributed by atoms with Crippen molar-refractivity contribution < 1.29 is 120 Å². The Morgan fingerprint density at radius 3 is 1.07 bits per heavy atom. The van der Waals surface area contributed by atoms with E-state index in [1.807, 2.05) is 36.4 Å². The Morgan fingerprint density at radius 2 is 0.848 bits per heavy atom. The summed E-state index contributed by atoms with van der Waals surface area (Å²) < 4.78 is 9.95. The van der Waals surface area contributed by atoms with E-state index >= 15 is 0 Å². The molecule has 2 aromatic heterocycles. The van der Waals surface area contributed by atoms with Crippen LogP contribution in [0, 0.1) is 141 Å². The predicted octanol–water partition coefficient (Wildman–Crippen LogP) is -1.20. The number of nitrogens with zero attached hydrogens (tertiary/aromatic N) is 8. The molecule has 24 nitrogen and oxygen atoms in total. The molecule has 46 heavy (non-hydrogen) atoms. The van der Waals surface area contributed by atoms with Gasteiger partial charge in [-0.3, -0.25) is 20.0 Å². The van der Waals surface area contributed by atoms with Crippen LogP contribution in [0.1, 0.15) is 11.4 Å². The molecule has 0 fully saturated rings. The first-order chi connectivity index (χ1) is 20.8. The van der Waals surface area contributed by atoms with Crippen molar-refractivity contribution in [3.63, 3.8) is 0 Å². The molecule has 0 aliphatic rings. The maximum absolute atomic E-state index is 10.0. The van der Waals surface area contributed by atoms with Gasteiger partial charge in [-0.25, -0.2) is 0 Å². The number of aromatic nitrogens is 2. The fourth-order valence-corrected chi connectivity index (χ4v) is 1.78. The second-order valence-electron chi connectivity index (χ2n) is 6.11. The van der Waals surface area contributed by atoms with Gasteiger partial charge >= 0.3 is 79.9 Å². The standard InChI is InChI=1S/2C10H13N2O2.2Gd.4NO3/c2*13-6-8-14-7-5-11-9-10-3-1-2-4-12-10;;;4*2-1(3)4/h2*1-4,9H,5-8H2;;;;;;/q2*-1;2*+3;4*-1. The Morgan fingerprint density at radius 1 is 0.565 bits per heavy atom. The summed E-state index contributed by atoms with van der Waals surface area (Å²) >= 11 is 0. The molecule has 0 amide bonds. The topological polar surface area (TPSA) is 380 Å². The first-order valence-corrected chi connectivity index (χ1v) is 11.2. The van der Waals surface area contributed by atoms with E-state index in [0.29, 0.717) is 26.3 Å². The SMILES string of the molecule is O=[N+]([O-])[O-].O=[N+]([O-])[O-].O=[N+]([O-])[O-].O=[N+]([O-])[O-].[Gd+3].[Gd+3].[O-]CCOCCN=Cc1ccccn1.[O-]CCOCCN=Cc1ccccn1. The van der Waals surface area contributed by atoms with Crippen molar-refractivity contribution in [2.75, 3.05) is 52.7 Å². The summed E-state index contributed by atoms with van der Waals surface area (Å²) in [6.07, 6.45) is 6.83. The molecule has 0 spiro atoms. The van der Waals surface area contributed by atoms with E-state index in [1.54, 1.807) is 24.8 Å². The van der Waals surface area contributed by atoms with E-state index in [0.717, 1.165) is 11.4 Å². The molecule has 2 rings (SSSR count). The maximum atomic E-state index is 10.0. The monoisotopic (exact) mass is 950 g/mol. The Kier molecular flexibility index (Phi) is 55.8. The van der Waals surface area contributed by atoms with E-state index < -0.39 is 20.3 Å². The Bertz CT molecular complexity index is 910. The Balaban J connectivity index is -0.000000116. The summed E-state index contributed by atoms with van der Waals surface area (Å²) in [4.78, 5) is 49.3. The van der Waals surface area contributed by atoms with Crippen LogP contribution in [0.5, 0.6) is 0 Å². The molecule has 0 aromatic carbocycles. The van der Waals surface area contributed by atoms with Gasteiger partial charge < -0.3 is 81.0 Å². The first-order valence-electron chi connectivity index (χ1n) is 11.2. The van der Waals surface area contributed by atoms with Crippen molar-refractivity contribution in [1.29, 1.82) is 0 Å². The van der Waals surface area contributed by atoms with Gasteiger partial charge in [-0.2, -0.15) is 0 Å². The van der Waals surface area contributed by atoms with Gasteiger partial charge in [0.05, 0.1) is 58.0 Å². The summed E-state index contributed by atoms with van der Waals surface area (Å²) in [6.45, 7) is 2.26. The minimum Gasteiger partial charge on any atom is -0.853 e. The quantitative estimate of drug-likeness (QED) is 0.104. The second kappa shape index (κ2) is 46.3. The molecule has 2 heterocycles. The van der Waals surface area contributed by atoms with Gasteiger partial charge in [0.1, 0.15) is 0 Å². The van der Waals surface area contributed by atoms with Crippen LogP contribution >= 0.6 is 0 Å². The summed E-state index contributed by atoms with van der Waals surface area (Å²) in [6, 6.07) is 11.3. The average molecular weight is 949 g/mol. The normalized spacial score (nSPS) is 8.74. The largest absolute Gasteiger partial charge is 3.00 e. The average Bonchev–Trinajstić information content (AvgIpc) is 2.93. The Hall–Kier alpha value is -3.07. The van der Waals surface area contributed by atoms with Crippen LogP contribution in [0.2, 0.25) is 0 Å². The minimum atomic E-state index is -1.75. The van der Waals surface area contributed by atoms with Gasteiger partial charge in [0.2, 0.25) is 0 Å². The second-order valence-corrected chi connectivity index (χ2v) is 6.11. The van der Waals surface area contributed by atoms with Crippen LogP contribution in [-0.2, 0) is 9.47 Å². The van der Waals surface area contributed by atoms with Crippen molar-refractivity contribution in [2.24, 2.45) is 9.98 Å². The molecular formula is C20H26Gd2N8O16. The van der Waals surface area contributed by atoms with Crippen molar-refractivity contribution in [2.45, 2.75) is 0 Å². The molecular weight excluding hydrogens is 923 g/mol. The summed E-state index contributed by atoms with van der Waals surface area (Å²) in [5.41, 5.74) is 1.66. The van der Waals surface area contributed by atoms with Crippen LogP contribution in [0.15, 0.2) is 58.8 Å². The molecule has 0 saturated carbocycles. The minimum absolute atomic E-state index is 0. The zero-order valence-corrected chi connectivity index (χ0v) is 27.8. The van der Waals surface area contributed by atoms with E-state index in [-0.39, 0.29) is 106 Å². The van der Waals surface area contributed by atoms with E-state index in [2.05, 4.69) is 20.0 Å². The maximum Gasteiger partial charge on any atom is 3.00 e. The van der Waals surface area contributed by atoms with Gasteiger partial charge in [-0.1, -0.05) is 12.1 Å². The van der Waals surface area contributed by atoms with E-state index in [1.165, 1.54) is 0 Å². The van der Waals surface area contributed by atoms with Gasteiger partial charge in [-0.05, 0) is 24.3 Å². The molecule has 0 N–H and O–H groups in total. The molecule has 0 saturated heterocycles. The van der Waals surface area contributed by atoms with Crippen LogP contribution < -0.4 is 10.2 Å². The smallest absolute Gasteiger partial charge is 0.853 e. The van der Waals surface area contributed by atoms with Crippen LogP contribution in [0.4, 0.5) is 0 Å². The third-order valence-electron chi connectivity index (χ3n) is 3.01. The predicted molar refractivity (Wildman–Crippen MR) is 146 cm³/mol. The number of hydrogen-bond acceptors (Lipinski definition) is 20. The van der Waals surface area contributed by atoms with Gasteiger partial charge in [0, 0.05) is 38.0 Å². The van der Waals surface area contributed by atoms with Crippen LogP contribution in [0.25, 0.3) is 0 Å². The van der Waals surface area contributed by atoms with Gasteiger partial charge in [0.15, 0.2) is 0 Å². The summed E-state index contributed by atoms with van der Waals surface area (Å²) in [5, 5.41) is 79.0. The van der Waals surface area contributed by atoms with E-state index in [9.17, 15) is 10.2 Å². The van der Waals surface area contributed by atoms with Crippen molar-refractivity contribution in [1.82, 2.24) is 9.97 Å². The zero-order chi connectivity index (χ0) is 34.4. The first kappa shape index (κ1) is 55.3. The van der Waals surface area contributed by atoms with Crippen molar-refractivity contribution in [3.05, 3.63) is 121 Å². The van der Waals surface area contributed by atoms with Crippen LogP contribution in [0.3, 0.4) is 0 Å². The molecule has 2 radical (unpaired) electrons. The molecule has 2 aromatic rings. The molecule has 0 bridgehead atoms. The number of hydrogen-bond donors (Lipinski definition) is 0.